The quantitative estimate of drug-likeness (QED) is 0.826. The lowest BCUT2D eigenvalue weighted by Gasteiger charge is -2.25. The van der Waals surface area contributed by atoms with Crippen LogP contribution in [0.2, 0.25) is 0 Å². The van der Waals surface area contributed by atoms with Crippen molar-refractivity contribution in [2.24, 2.45) is 7.05 Å². The molecule has 0 aliphatic carbocycles. The fourth-order valence-electron chi connectivity index (χ4n) is 2.44. The fourth-order valence-corrected chi connectivity index (χ4v) is 2.44. The van der Waals surface area contributed by atoms with Gasteiger partial charge in [0.15, 0.2) is 0 Å². The molecule has 1 aliphatic rings. The summed E-state index contributed by atoms with van der Waals surface area (Å²) in [5, 5.41) is 8.84. The van der Waals surface area contributed by atoms with Gasteiger partial charge in [-0.2, -0.15) is 0 Å². The Morgan fingerprint density at radius 1 is 1.45 bits per heavy atom. The summed E-state index contributed by atoms with van der Waals surface area (Å²) in [4.78, 5) is 36.2. The van der Waals surface area contributed by atoms with Gasteiger partial charge in [-0.3, -0.25) is 14.4 Å². The van der Waals surface area contributed by atoms with E-state index in [0.29, 0.717) is 18.7 Å². The zero-order valence-electron chi connectivity index (χ0n) is 12.5. The Kier molecular flexibility index (Phi) is 5.32. The van der Waals surface area contributed by atoms with Crippen molar-refractivity contribution in [2.45, 2.75) is 25.4 Å². The molecule has 1 saturated heterocycles. The Labute approximate surface area is 128 Å². The number of aromatic nitrogens is 1. The standard InChI is InChI=1S/C15H20N2O5/c1-16-9-11(4-5-13(16)18)15(21)17(7-6-14(19)20)10-12-3-2-8-22-12/h4-5,9,12H,2-3,6-8,10H2,1H3,(H,19,20). The SMILES string of the molecule is Cn1cc(C(=O)N(CCC(=O)O)CC2CCCO2)ccc1=O. The average molecular weight is 308 g/mol. The second-order valence-corrected chi connectivity index (χ2v) is 5.40. The summed E-state index contributed by atoms with van der Waals surface area (Å²) < 4.78 is 6.85. The van der Waals surface area contributed by atoms with Gasteiger partial charge in [0.25, 0.3) is 5.91 Å². The van der Waals surface area contributed by atoms with Crippen LogP contribution < -0.4 is 5.56 Å². The van der Waals surface area contributed by atoms with Crippen LogP contribution in [-0.2, 0) is 16.6 Å². The summed E-state index contributed by atoms with van der Waals surface area (Å²) in [5.74, 6) is -1.24. The number of hydrogen-bond acceptors (Lipinski definition) is 4. The molecule has 0 spiro atoms. The van der Waals surface area contributed by atoms with E-state index in [0.717, 1.165) is 12.8 Å². The molecule has 1 aromatic heterocycles. The lowest BCUT2D eigenvalue weighted by Crippen LogP contribution is -2.39. The van der Waals surface area contributed by atoms with E-state index >= 15 is 0 Å². The zero-order chi connectivity index (χ0) is 16.1. The molecule has 1 fully saturated rings. The summed E-state index contributed by atoms with van der Waals surface area (Å²) in [6.07, 6.45) is 3.11. The third-order valence-electron chi connectivity index (χ3n) is 3.66. The molecule has 1 atom stereocenters. The van der Waals surface area contributed by atoms with Crippen molar-refractivity contribution in [3.63, 3.8) is 0 Å². The molecule has 1 unspecified atom stereocenters. The lowest BCUT2D eigenvalue weighted by atomic mass is 10.2. The van der Waals surface area contributed by atoms with Crippen molar-refractivity contribution < 1.29 is 19.4 Å². The molecule has 120 valence electrons. The number of nitrogens with zero attached hydrogens (tertiary/aromatic N) is 2. The number of aryl methyl sites for hydroxylation is 1. The summed E-state index contributed by atoms with van der Waals surface area (Å²) in [7, 11) is 1.57. The molecule has 7 heteroatoms. The molecule has 2 heterocycles. The van der Waals surface area contributed by atoms with Crippen molar-refractivity contribution in [2.75, 3.05) is 19.7 Å². The van der Waals surface area contributed by atoms with E-state index in [2.05, 4.69) is 0 Å². The maximum Gasteiger partial charge on any atom is 0.305 e. The number of rotatable bonds is 6. The minimum atomic E-state index is -0.953. The van der Waals surface area contributed by atoms with Gasteiger partial charge in [0.05, 0.1) is 18.1 Å². The molecule has 1 N–H and O–H groups in total. The molecular formula is C15H20N2O5. The van der Waals surface area contributed by atoms with Crippen molar-refractivity contribution in [1.29, 1.82) is 0 Å². The van der Waals surface area contributed by atoms with Gasteiger partial charge in [-0.1, -0.05) is 0 Å². The number of ether oxygens (including phenoxy) is 1. The number of hydrogen-bond donors (Lipinski definition) is 1. The number of pyridine rings is 1. The van der Waals surface area contributed by atoms with Crippen LogP contribution >= 0.6 is 0 Å². The zero-order valence-corrected chi connectivity index (χ0v) is 12.5. The molecule has 0 radical (unpaired) electrons. The van der Waals surface area contributed by atoms with Gasteiger partial charge < -0.3 is 19.3 Å². The third-order valence-corrected chi connectivity index (χ3v) is 3.66. The number of aliphatic carboxylic acids is 1. The number of carboxylic acids is 1. The molecule has 1 aromatic rings. The van der Waals surface area contributed by atoms with E-state index in [1.54, 1.807) is 7.05 Å². The van der Waals surface area contributed by atoms with Gasteiger partial charge in [-0.25, -0.2) is 0 Å². The summed E-state index contributed by atoms with van der Waals surface area (Å²) >= 11 is 0. The summed E-state index contributed by atoms with van der Waals surface area (Å²) in [6, 6.07) is 2.79. The maximum absolute atomic E-state index is 12.6. The Balaban J connectivity index is 2.13. The van der Waals surface area contributed by atoms with Gasteiger partial charge in [0, 0.05) is 39.0 Å². The summed E-state index contributed by atoms with van der Waals surface area (Å²) in [5.41, 5.74) is 0.165. The predicted molar refractivity (Wildman–Crippen MR) is 78.8 cm³/mol. The van der Waals surface area contributed by atoms with E-state index in [9.17, 15) is 14.4 Å². The van der Waals surface area contributed by atoms with Crippen LogP contribution in [-0.4, -0.2) is 52.3 Å². The first-order chi connectivity index (χ1) is 10.5. The van der Waals surface area contributed by atoms with E-state index in [1.807, 2.05) is 0 Å². The molecule has 1 aliphatic heterocycles. The van der Waals surface area contributed by atoms with Crippen molar-refractivity contribution in [3.8, 4) is 0 Å². The van der Waals surface area contributed by atoms with Crippen LogP contribution in [0.1, 0.15) is 29.6 Å². The molecule has 7 nitrogen and oxygen atoms in total. The van der Waals surface area contributed by atoms with Crippen LogP contribution in [0.25, 0.3) is 0 Å². The highest BCUT2D eigenvalue weighted by molar-refractivity contribution is 5.94. The maximum atomic E-state index is 12.6. The van der Waals surface area contributed by atoms with Gasteiger partial charge in [-0.05, 0) is 18.9 Å². The Morgan fingerprint density at radius 2 is 2.23 bits per heavy atom. The Bertz CT molecular complexity index is 604. The Hall–Kier alpha value is -2.15. The topological polar surface area (TPSA) is 88.8 Å². The fraction of sp³-hybridized carbons (Fsp3) is 0.533. The van der Waals surface area contributed by atoms with Gasteiger partial charge in [0.2, 0.25) is 5.56 Å². The minimum Gasteiger partial charge on any atom is -0.481 e. The number of carbonyl (C=O) groups is 2. The second-order valence-electron chi connectivity index (χ2n) is 5.40. The molecule has 1 amide bonds. The smallest absolute Gasteiger partial charge is 0.305 e. The van der Waals surface area contributed by atoms with Gasteiger partial charge in [-0.15, -0.1) is 0 Å². The van der Waals surface area contributed by atoms with Crippen LogP contribution in [0.4, 0.5) is 0 Å². The number of amides is 1. The highest BCUT2D eigenvalue weighted by Gasteiger charge is 2.24. The van der Waals surface area contributed by atoms with Crippen LogP contribution in [0, 0.1) is 0 Å². The molecular weight excluding hydrogens is 288 g/mol. The first kappa shape index (κ1) is 16.2. The molecule has 2 rings (SSSR count). The number of carboxylic acid groups (broad SMARTS) is 1. The van der Waals surface area contributed by atoms with Crippen LogP contribution in [0.3, 0.4) is 0 Å². The molecule has 0 saturated carbocycles. The first-order valence-corrected chi connectivity index (χ1v) is 7.26. The Morgan fingerprint density at radius 3 is 2.82 bits per heavy atom. The highest BCUT2D eigenvalue weighted by Crippen LogP contribution is 2.15. The number of carbonyl (C=O) groups excluding carboxylic acids is 1. The average Bonchev–Trinajstić information content (AvgIpc) is 2.98. The van der Waals surface area contributed by atoms with Crippen LogP contribution in [0.5, 0.6) is 0 Å². The second kappa shape index (κ2) is 7.22. The van der Waals surface area contributed by atoms with Crippen molar-refractivity contribution in [1.82, 2.24) is 9.47 Å². The van der Waals surface area contributed by atoms with Crippen LogP contribution in [0.15, 0.2) is 23.1 Å². The lowest BCUT2D eigenvalue weighted by molar-refractivity contribution is -0.137. The van der Waals surface area contributed by atoms with E-state index < -0.39 is 5.97 Å². The molecule has 22 heavy (non-hydrogen) atoms. The molecule has 0 bridgehead atoms. The van der Waals surface area contributed by atoms with E-state index in [-0.39, 0.29) is 30.5 Å². The normalized spacial score (nSPS) is 17.4. The molecule has 0 aromatic carbocycles. The predicted octanol–water partition coefficient (Wildman–Crippen LogP) is 0.481. The monoisotopic (exact) mass is 308 g/mol. The van der Waals surface area contributed by atoms with Gasteiger partial charge >= 0.3 is 5.97 Å². The van der Waals surface area contributed by atoms with Crippen molar-refractivity contribution in [3.05, 3.63) is 34.2 Å². The summed E-state index contributed by atoms with van der Waals surface area (Å²) in [6.45, 7) is 1.16. The van der Waals surface area contributed by atoms with E-state index in [4.69, 9.17) is 9.84 Å². The highest BCUT2D eigenvalue weighted by atomic mass is 16.5. The van der Waals surface area contributed by atoms with E-state index in [1.165, 1.54) is 27.8 Å². The third kappa shape index (κ3) is 4.17. The van der Waals surface area contributed by atoms with Gasteiger partial charge in [0.1, 0.15) is 0 Å². The minimum absolute atomic E-state index is 0.0507. The largest absolute Gasteiger partial charge is 0.481 e. The van der Waals surface area contributed by atoms with Crippen molar-refractivity contribution >= 4 is 11.9 Å². The first-order valence-electron chi connectivity index (χ1n) is 7.26.